The number of hydrogen-bond acceptors (Lipinski definition) is 5. The van der Waals surface area contributed by atoms with Gasteiger partial charge in [-0.15, -0.1) is 0 Å². The van der Waals surface area contributed by atoms with E-state index in [4.69, 9.17) is 9.84 Å². The monoisotopic (exact) mass is 543 g/mol. The molecule has 0 spiro atoms. The second kappa shape index (κ2) is 15.3. The van der Waals surface area contributed by atoms with Crippen LogP contribution < -0.4 is 5.32 Å². The average molecular weight is 544 g/mol. The number of alkyl carbamates (subject to hydrolysis) is 1. The molecule has 9 heteroatoms. The number of hydrogen-bond donors (Lipinski definition) is 3. The molecule has 0 fully saturated rings. The zero-order chi connectivity index (χ0) is 29.0. The highest BCUT2D eigenvalue weighted by Crippen LogP contribution is 2.29. The van der Waals surface area contributed by atoms with E-state index in [0.29, 0.717) is 32.2 Å². The summed E-state index contributed by atoms with van der Waals surface area (Å²) >= 11 is 0. The predicted octanol–water partition coefficient (Wildman–Crippen LogP) is 5.73. The van der Waals surface area contributed by atoms with E-state index >= 15 is 0 Å². The van der Waals surface area contributed by atoms with Gasteiger partial charge in [-0.1, -0.05) is 38.8 Å². The standard InChI is InChI=1S/C25H35N3O4.C5H10O2/c1-5-7-17-9-11-21-18(14-17)10-12-22-20(27-16-28(21)22)15-19(23(29)30)8-6-13-26-24(31)32-25(2,3)4;1-2-3-4-5(6)7/h9,11,14,16,19H,5-8,10,12-13,15H2,1-4H3,(H,26,31)(H,29,30);2-4H2,1H3,(H,6,7). The lowest BCUT2D eigenvalue weighted by molar-refractivity contribution is -0.142. The molecule has 1 aliphatic heterocycles. The molecule has 39 heavy (non-hydrogen) atoms. The number of carboxylic acid groups (broad SMARTS) is 2. The summed E-state index contributed by atoms with van der Waals surface area (Å²) in [5.74, 6) is -2.06. The Hall–Kier alpha value is -3.36. The molecule has 1 aliphatic rings. The van der Waals surface area contributed by atoms with Gasteiger partial charge in [0.25, 0.3) is 0 Å². The van der Waals surface area contributed by atoms with Crippen LogP contribution in [-0.2, 0) is 40.0 Å². The van der Waals surface area contributed by atoms with Crippen LogP contribution in [0.3, 0.4) is 0 Å². The van der Waals surface area contributed by atoms with Crippen LogP contribution >= 0.6 is 0 Å². The van der Waals surface area contributed by atoms with Gasteiger partial charge in [0.1, 0.15) is 5.60 Å². The van der Waals surface area contributed by atoms with Crippen molar-refractivity contribution in [2.24, 2.45) is 5.92 Å². The number of nitrogens with one attached hydrogen (secondary N) is 1. The maximum atomic E-state index is 11.9. The van der Waals surface area contributed by atoms with Gasteiger partial charge in [-0.2, -0.15) is 0 Å². The lowest BCUT2D eigenvalue weighted by atomic mass is 9.93. The molecule has 216 valence electrons. The molecule has 1 aromatic heterocycles. The van der Waals surface area contributed by atoms with Gasteiger partial charge in [0.2, 0.25) is 0 Å². The highest BCUT2D eigenvalue weighted by atomic mass is 16.6. The zero-order valence-corrected chi connectivity index (χ0v) is 24.1. The van der Waals surface area contributed by atoms with E-state index in [0.717, 1.165) is 55.6 Å². The molecule has 3 rings (SSSR count). The number of ether oxygens (including phenoxy) is 1. The molecule has 1 unspecified atom stereocenters. The molecule has 0 radical (unpaired) electrons. The Bertz CT molecular complexity index is 1100. The number of aromatic nitrogens is 2. The van der Waals surface area contributed by atoms with Crippen molar-refractivity contribution in [3.63, 3.8) is 0 Å². The minimum atomic E-state index is -0.829. The zero-order valence-electron chi connectivity index (χ0n) is 24.1. The first-order valence-corrected chi connectivity index (χ1v) is 14.0. The van der Waals surface area contributed by atoms with Gasteiger partial charge in [-0.3, -0.25) is 9.59 Å². The molecule has 9 nitrogen and oxygen atoms in total. The third-order valence-electron chi connectivity index (χ3n) is 6.46. The fraction of sp³-hybridized carbons (Fsp3) is 0.600. The molecule has 1 atom stereocenters. The number of nitrogens with zero attached hydrogens (tertiary/aromatic N) is 2. The summed E-state index contributed by atoms with van der Waals surface area (Å²) < 4.78 is 7.33. The number of imidazole rings is 1. The number of aliphatic carboxylic acids is 2. The second-order valence-electron chi connectivity index (χ2n) is 11.0. The van der Waals surface area contributed by atoms with Crippen molar-refractivity contribution in [3.8, 4) is 5.69 Å². The van der Waals surface area contributed by atoms with Crippen LogP contribution in [0.25, 0.3) is 5.69 Å². The van der Waals surface area contributed by atoms with Crippen LogP contribution in [0.2, 0.25) is 0 Å². The van der Waals surface area contributed by atoms with Gasteiger partial charge in [-0.25, -0.2) is 9.78 Å². The largest absolute Gasteiger partial charge is 0.481 e. The molecular formula is C30H45N3O6. The van der Waals surface area contributed by atoms with Crippen LogP contribution in [0.1, 0.15) is 95.7 Å². The molecule has 2 heterocycles. The molecule has 0 bridgehead atoms. The summed E-state index contributed by atoms with van der Waals surface area (Å²) in [4.78, 5) is 38.0. The number of fused-ring (bicyclic) bond motifs is 3. The maximum Gasteiger partial charge on any atom is 0.407 e. The van der Waals surface area contributed by atoms with E-state index in [2.05, 4.69) is 40.0 Å². The highest BCUT2D eigenvalue weighted by molar-refractivity contribution is 5.70. The highest BCUT2D eigenvalue weighted by Gasteiger charge is 2.25. The van der Waals surface area contributed by atoms with Crippen LogP contribution in [0.5, 0.6) is 0 Å². The topological polar surface area (TPSA) is 131 Å². The first-order valence-electron chi connectivity index (χ1n) is 14.0. The van der Waals surface area contributed by atoms with E-state index in [1.807, 2.05) is 13.3 Å². The lowest BCUT2D eigenvalue weighted by Crippen LogP contribution is -2.33. The summed E-state index contributed by atoms with van der Waals surface area (Å²) in [6.45, 7) is 9.96. The number of unbranched alkanes of at least 4 members (excludes halogenated alkanes) is 1. The quantitative estimate of drug-likeness (QED) is 0.291. The van der Waals surface area contributed by atoms with Crippen molar-refractivity contribution in [2.75, 3.05) is 6.54 Å². The number of aryl methyl sites for hydroxylation is 2. The fourth-order valence-corrected chi connectivity index (χ4v) is 4.55. The van der Waals surface area contributed by atoms with E-state index in [9.17, 15) is 19.5 Å². The van der Waals surface area contributed by atoms with Gasteiger partial charge >= 0.3 is 18.0 Å². The van der Waals surface area contributed by atoms with Crippen molar-refractivity contribution >= 4 is 18.0 Å². The fourth-order valence-electron chi connectivity index (χ4n) is 4.55. The molecule has 2 aromatic rings. The maximum absolute atomic E-state index is 11.9. The Morgan fingerprint density at radius 2 is 1.85 bits per heavy atom. The SMILES string of the molecule is CCCCC(=O)O.CCCc1ccc2c(c1)CCc1c(CC(CCCNC(=O)OC(C)(C)C)C(=O)O)ncn1-2. The number of benzene rings is 1. The molecule has 0 aliphatic carbocycles. The van der Waals surface area contributed by atoms with Crippen LogP contribution in [-0.4, -0.2) is 49.9 Å². The summed E-state index contributed by atoms with van der Waals surface area (Å²) in [5.41, 5.74) is 5.26. The first-order chi connectivity index (χ1) is 18.4. The average Bonchev–Trinajstić information content (AvgIpc) is 3.27. The number of amides is 1. The summed E-state index contributed by atoms with van der Waals surface area (Å²) in [5, 5.41) is 20.5. The molecule has 3 N–H and O–H groups in total. The smallest absolute Gasteiger partial charge is 0.407 e. The predicted molar refractivity (Wildman–Crippen MR) is 150 cm³/mol. The van der Waals surface area contributed by atoms with Gasteiger partial charge in [0.15, 0.2) is 0 Å². The van der Waals surface area contributed by atoms with Gasteiger partial charge in [-0.05, 0) is 76.5 Å². The Morgan fingerprint density at radius 3 is 2.44 bits per heavy atom. The van der Waals surface area contributed by atoms with Crippen molar-refractivity contribution in [2.45, 2.75) is 104 Å². The van der Waals surface area contributed by atoms with Crippen LogP contribution in [0.4, 0.5) is 4.79 Å². The lowest BCUT2D eigenvalue weighted by Gasteiger charge is -2.21. The summed E-state index contributed by atoms with van der Waals surface area (Å²) in [7, 11) is 0. The second-order valence-corrected chi connectivity index (χ2v) is 11.0. The molecular weight excluding hydrogens is 498 g/mol. The summed E-state index contributed by atoms with van der Waals surface area (Å²) in [6, 6.07) is 6.62. The molecule has 0 saturated heterocycles. The van der Waals surface area contributed by atoms with Crippen molar-refractivity contribution < 1.29 is 29.3 Å². The van der Waals surface area contributed by atoms with Crippen LogP contribution in [0.15, 0.2) is 24.5 Å². The Morgan fingerprint density at radius 1 is 1.10 bits per heavy atom. The van der Waals surface area contributed by atoms with E-state index in [1.54, 1.807) is 20.8 Å². The van der Waals surface area contributed by atoms with Crippen molar-refractivity contribution in [1.29, 1.82) is 0 Å². The van der Waals surface area contributed by atoms with Gasteiger partial charge < -0.3 is 24.8 Å². The third kappa shape index (κ3) is 10.7. The van der Waals surface area contributed by atoms with Crippen molar-refractivity contribution in [3.05, 3.63) is 47.0 Å². The van der Waals surface area contributed by atoms with Gasteiger partial charge in [0.05, 0.1) is 17.9 Å². The third-order valence-corrected chi connectivity index (χ3v) is 6.46. The Kier molecular flexibility index (Phi) is 12.5. The van der Waals surface area contributed by atoms with Gasteiger partial charge in [0, 0.05) is 30.8 Å². The minimum Gasteiger partial charge on any atom is -0.481 e. The van der Waals surface area contributed by atoms with Crippen molar-refractivity contribution in [1.82, 2.24) is 14.9 Å². The number of rotatable bonds is 12. The van der Waals surface area contributed by atoms with E-state index in [-0.39, 0.29) is 0 Å². The number of carbonyl (C=O) groups excluding carboxylic acids is 1. The Balaban J connectivity index is 0.000000673. The first kappa shape index (κ1) is 31.9. The number of carbonyl (C=O) groups is 3. The summed E-state index contributed by atoms with van der Waals surface area (Å²) in [6.07, 6.45) is 8.88. The molecule has 1 aromatic carbocycles. The molecule has 1 amide bonds. The molecule has 0 saturated carbocycles. The normalized spacial score (nSPS) is 12.8. The number of carboxylic acids is 2. The van der Waals surface area contributed by atoms with Crippen LogP contribution in [0, 0.1) is 5.92 Å². The van der Waals surface area contributed by atoms with E-state index < -0.39 is 29.6 Å². The van der Waals surface area contributed by atoms with E-state index in [1.165, 1.54) is 11.1 Å². The Labute approximate surface area is 232 Å². The minimum absolute atomic E-state index is 0.316.